The molecule has 1 rings (SSSR count). The van der Waals surface area contributed by atoms with Crippen molar-refractivity contribution in [3.05, 3.63) is 21.9 Å². The van der Waals surface area contributed by atoms with E-state index < -0.39 is 15.5 Å². The molecule has 0 fully saturated rings. The molecular weight excluding hydrogens is 211 g/mol. The van der Waals surface area contributed by atoms with Crippen molar-refractivity contribution in [3.8, 4) is 0 Å². The molecule has 1 heterocycles. The second kappa shape index (κ2) is 3.75. The normalized spacial score (nSPS) is 14.4. The molecule has 13 heavy (non-hydrogen) atoms. The minimum absolute atomic E-state index is 0.569. The molecule has 0 bridgehead atoms. The van der Waals surface area contributed by atoms with Gasteiger partial charge in [0.15, 0.2) is 0 Å². The SMILES string of the molecule is CCc1ccc(C(C)S(=O)(=O)F)s1. The third-order valence-electron chi connectivity index (χ3n) is 1.85. The lowest BCUT2D eigenvalue weighted by atomic mass is 10.3. The lowest BCUT2D eigenvalue weighted by Crippen LogP contribution is -2.01. The zero-order chi connectivity index (χ0) is 10.1. The fraction of sp³-hybridized carbons (Fsp3) is 0.500. The molecule has 5 heteroatoms. The summed E-state index contributed by atoms with van der Waals surface area (Å²) in [6.07, 6.45) is 0.851. The Morgan fingerprint density at radius 1 is 1.54 bits per heavy atom. The Morgan fingerprint density at radius 2 is 2.15 bits per heavy atom. The second-order valence-electron chi connectivity index (χ2n) is 2.78. The number of thiophene rings is 1. The molecule has 1 unspecified atom stereocenters. The van der Waals surface area contributed by atoms with Crippen LogP contribution in [0.1, 0.15) is 28.9 Å². The summed E-state index contributed by atoms with van der Waals surface area (Å²) in [5.74, 6) is 0. The van der Waals surface area contributed by atoms with Crippen LogP contribution in [0.3, 0.4) is 0 Å². The van der Waals surface area contributed by atoms with Crippen molar-refractivity contribution in [2.24, 2.45) is 0 Å². The maximum Gasteiger partial charge on any atom is 0.309 e. The first-order valence-electron chi connectivity index (χ1n) is 3.97. The second-order valence-corrected chi connectivity index (χ2v) is 5.63. The molecule has 74 valence electrons. The van der Waals surface area contributed by atoms with Crippen molar-refractivity contribution >= 4 is 21.6 Å². The molecule has 0 radical (unpaired) electrons. The van der Waals surface area contributed by atoms with Gasteiger partial charge >= 0.3 is 10.2 Å². The van der Waals surface area contributed by atoms with Crippen molar-refractivity contribution < 1.29 is 12.3 Å². The molecule has 0 aliphatic heterocycles. The fourth-order valence-corrected chi connectivity index (χ4v) is 2.67. The third-order valence-corrected chi connectivity index (χ3v) is 4.51. The summed E-state index contributed by atoms with van der Waals surface area (Å²) in [4.78, 5) is 1.64. The predicted molar refractivity (Wildman–Crippen MR) is 52.1 cm³/mol. The van der Waals surface area contributed by atoms with E-state index in [0.717, 1.165) is 11.3 Å². The summed E-state index contributed by atoms with van der Waals surface area (Å²) in [5.41, 5.74) is 0. The maximum atomic E-state index is 12.6. The number of aryl methyl sites for hydroxylation is 1. The fourth-order valence-electron chi connectivity index (χ4n) is 0.942. The van der Waals surface area contributed by atoms with Gasteiger partial charge in [-0.3, -0.25) is 0 Å². The zero-order valence-electron chi connectivity index (χ0n) is 7.45. The first-order valence-corrected chi connectivity index (χ1v) is 6.23. The summed E-state index contributed by atoms with van der Waals surface area (Å²) in [7, 11) is -4.44. The van der Waals surface area contributed by atoms with E-state index in [0.29, 0.717) is 4.88 Å². The molecule has 1 atom stereocenters. The molecule has 0 N–H and O–H groups in total. The van der Waals surface area contributed by atoms with Crippen LogP contribution in [0.2, 0.25) is 0 Å². The maximum absolute atomic E-state index is 12.6. The van der Waals surface area contributed by atoms with Crippen LogP contribution in [0, 0.1) is 0 Å². The van der Waals surface area contributed by atoms with Crippen molar-refractivity contribution in [3.63, 3.8) is 0 Å². The molecule has 0 aromatic carbocycles. The van der Waals surface area contributed by atoms with Crippen molar-refractivity contribution in [1.29, 1.82) is 0 Å². The van der Waals surface area contributed by atoms with Crippen molar-refractivity contribution in [1.82, 2.24) is 0 Å². The summed E-state index contributed by atoms with van der Waals surface area (Å²) < 4.78 is 33.7. The van der Waals surface area contributed by atoms with Crippen molar-refractivity contribution in [2.45, 2.75) is 25.5 Å². The van der Waals surface area contributed by atoms with Gasteiger partial charge in [-0.2, -0.15) is 8.42 Å². The standard InChI is InChI=1S/C8H11FO2S2/c1-3-7-4-5-8(12-7)6(2)13(9,10)11/h4-6H,3H2,1-2H3. The molecule has 0 aliphatic carbocycles. The van der Waals surface area contributed by atoms with Gasteiger partial charge in [0, 0.05) is 9.75 Å². The van der Waals surface area contributed by atoms with Crippen LogP contribution in [0.15, 0.2) is 12.1 Å². The van der Waals surface area contributed by atoms with Crippen LogP contribution in [0.5, 0.6) is 0 Å². The summed E-state index contributed by atoms with van der Waals surface area (Å²) in [6.45, 7) is 3.34. The van der Waals surface area contributed by atoms with E-state index in [4.69, 9.17) is 0 Å². The van der Waals surface area contributed by atoms with Crippen LogP contribution >= 0.6 is 11.3 Å². The summed E-state index contributed by atoms with van der Waals surface area (Å²) >= 11 is 1.35. The van der Waals surface area contributed by atoms with E-state index in [2.05, 4.69) is 0 Å². The molecule has 1 aromatic heterocycles. The summed E-state index contributed by atoms with van der Waals surface area (Å²) in [6, 6.07) is 3.51. The Bertz CT molecular complexity index is 381. The van der Waals surface area contributed by atoms with E-state index in [9.17, 15) is 12.3 Å². The van der Waals surface area contributed by atoms with Crippen LogP contribution in [-0.2, 0) is 16.6 Å². The Hall–Kier alpha value is -0.420. The van der Waals surface area contributed by atoms with Gasteiger partial charge in [-0.1, -0.05) is 6.92 Å². The molecular formula is C8H11FO2S2. The molecule has 2 nitrogen and oxygen atoms in total. The Labute approximate surface area is 81.6 Å². The lowest BCUT2D eigenvalue weighted by Gasteiger charge is -2.01. The molecule has 1 aromatic rings. The van der Waals surface area contributed by atoms with Gasteiger partial charge in [0.2, 0.25) is 0 Å². The highest BCUT2D eigenvalue weighted by Gasteiger charge is 2.22. The van der Waals surface area contributed by atoms with Gasteiger partial charge in [-0.05, 0) is 25.5 Å². The molecule has 0 amide bonds. The minimum atomic E-state index is -4.44. The lowest BCUT2D eigenvalue weighted by molar-refractivity contribution is 0.541. The van der Waals surface area contributed by atoms with Crippen molar-refractivity contribution in [2.75, 3.05) is 0 Å². The van der Waals surface area contributed by atoms with Gasteiger partial charge in [0.05, 0.1) is 0 Å². The number of hydrogen-bond donors (Lipinski definition) is 0. The topological polar surface area (TPSA) is 34.1 Å². The van der Waals surface area contributed by atoms with E-state index in [1.807, 2.05) is 13.0 Å². The smallest absolute Gasteiger partial charge is 0.194 e. The highest BCUT2D eigenvalue weighted by atomic mass is 32.3. The summed E-state index contributed by atoms with van der Waals surface area (Å²) in [5, 5.41) is -1.03. The van der Waals surface area contributed by atoms with Gasteiger partial charge in [-0.15, -0.1) is 15.2 Å². The van der Waals surface area contributed by atoms with Gasteiger partial charge < -0.3 is 0 Å². The Balaban J connectivity index is 2.96. The molecule has 0 saturated heterocycles. The first-order chi connectivity index (χ1) is 5.95. The quantitative estimate of drug-likeness (QED) is 0.737. The average Bonchev–Trinajstić information content (AvgIpc) is 2.48. The molecule has 0 saturated carbocycles. The molecule has 0 spiro atoms. The van der Waals surface area contributed by atoms with Gasteiger partial charge in [0.25, 0.3) is 0 Å². The van der Waals surface area contributed by atoms with Crippen LogP contribution in [0.25, 0.3) is 0 Å². The highest BCUT2D eigenvalue weighted by Crippen LogP contribution is 2.29. The van der Waals surface area contributed by atoms with E-state index in [1.54, 1.807) is 6.07 Å². The van der Waals surface area contributed by atoms with E-state index in [-0.39, 0.29) is 0 Å². The monoisotopic (exact) mass is 222 g/mol. The van der Waals surface area contributed by atoms with Crippen LogP contribution < -0.4 is 0 Å². The largest absolute Gasteiger partial charge is 0.309 e. The van der Waals surface area contributed by atoms with E-state index in [1.165, 1.54) is 18.3 Å². The van der Waals surface area contributed by atoms with Crippen LogP contribution in [-0.4, -0.2) is 8.42 Å². The Morgan fingerprint density at radius 3 is 2.54 bits per heavy atom. The average molecular weight is 222 g/mol. The van der Waals surface area contributed by atoms with Crippen LogP contribution in [0.4, 0.5) is 3.89 Å². The minimum Gasteiger partial charge on any atom is -0.194 e. The highest BCUT2D eigenvalue weighted by molar-refractivity contribution is 7.86. The van der Waals surface area contributed by atoms with E-state index >= 15 is 0 Å². The van der Waals surface area contributed by atoms with Gasteiger partial charge in [0.1, 0.15) is 5.25 Å². The number of halogens is 1. The number of rotatable bonds is 3. The zero-order valence-corrected chi connectivity index (χ0v) is 9.08. The van der Waals surface area contributed by atoms with Gasteiger partial charge in [-0.25, -0.2) is 0 Å². The predicted octanol–water partition coefficient (Wildman–Crippen LogP) is 2.67. The first kappa shape index (κ1) is 10.7. The number of hydrogen-bond acceptors (Lipinski definition) is 3. The third kappa shape index (κ3) is 2.51. The Kier molecular flexibility index (Phi) is 3.08. The molecule has 0 aliphatic rings.